The van der Waals surface area contributed by atoms with Crippen molar-refractivity contribution < 1.29 is 26.4 Å². The minimum Gasteiger partial charge on any atom is -0.354 e. The number of hydrogen-bond acceptors (Lipinski definition) is 5. The molecule has 0 aliphatic carbocycles. The van der Waals surface area contributed by atoms with Gasteiger partial charge in [-0.2, -0.15) is 13.2 Å². The van der Waals surface area contributed by atoms with Gasteiger partial charge in [0.15, 0.2) is 0 Å². The molecule has 12 heteroatoms. The first-order valence-corrected chi connectivity index (χ1v) is 12.9. The first kappa shape index (κ1) is 27.3. The smallest absolute Gasteiger partial charge is 0.354 e. The van der Waals surface area contributed by atoms with Crippen molar-refractivity contribution in [2.75, 3.05) is 57.2 Å². The third-order valence-electron chi connectivity index (χ3n) is 5.73. The van der Waals surface area contributed by atoms with Crippen molar-refractivity contribution in [2.24, 2.45) is 0 Å². The fourth-order valence-corrected chi connectivity index (χ4v) is 5.37. The molecule has 0 radical (unpaired) electrons. The first-order valence-electron chi connectivity index (χ1n) is 11.1. The monoisotopic (exact) mass is 532 g/mol. The Bertz CT molecular complexity index is 1110. The summed E-state index contributed by atoms with van der Waals surface area (Å²) in [6, 6.07) is 10.00. The van der Waals surface area contributed by atoms with E-state index in [1.807, 2.05) is 0 Å². The number of carbonyl (C=O) groups is 1. The number of likely N-dealkylation sites (N-methyl/N-ethyl adjacent to an activating group) is 1. The topological polar surface area (TPSA) is 73.0 Å². The zero-order chi connectivity index (χ0) is 25.6. The molecular formula is C23H28ClF3N4O3S. The summed E-state index contributed by atoms with van der Waals surface area (Å²) >= 11 is 5.71. The van der Waals surface area contributed by atoms with Crippen LogP contribution in [0.25, 0.3) is 0 Å². The van der Waals surface area contributed by atoms with Crippen LogP contribution in [0.1, 0.15) is 12.0 Å². The van der Waals surface area contributed by atoms with Gasteiger partial charge in [0, 0.05) is 32.7 Å². The van der Waals surface area contributed by atoms with Gasteiger partial charge in [-0.25, -0.2) is 8.42 Å². The van der Waals surface area contributed by atoms with Gasteiger partial charge in [-0.15, -0.1) is 0 Å². The van der Waals surface area contributed by atoms with Crippen LogP contribution in [-0.2, 0) is 21.0 Å². The molecule has 0 atom stereocenters. The van der Waals surface area contributed by atoms with E-state index >= 15 is 0 Å². The number of piperazine rings is 1. The van der Waals surface area contributed by atoms with Gasteiger partial charge in [0.1, 0.15) is 6.54 Å². The van der Waals surface area contributed by atoms with Crippen molar-refractivity contribution in [1.82, 2.24) is 15.1 Å². The van der Waals surface area contributed by atoms with E-state index in [2.05, 4.69) is 22.2 Å². The van der Waals surface area contributed by atoms with Crippen LogP contribution in [-0.4, -0.2) is 77.0 Å². The SMILES string of the molecule is CN1CCN(CCCNC(=O)CN(c2ccc(Cl)c(C(F)(F)F)c2)S(=O)(=O)c2ccccc2)CC1. The Balaban J connectivity index is 1.75. The van der Waals surface area contributed by atoms with Gasteiger partial charge in [0.05, 0.1) is 21.2 Å². The molecule has 1 aliphatic rings. The number of halogens is 4. The highest BCUT2D eigenvalue weighted by Crippen LogP contribution is 2.37. The van der Waals surface area contributed by atoms with E-state index in [0.29, 0.717) is 23.3 Å². The molecular weight excluding hydrogens is 505 g/mol. The summed E-state index contributed by atoms with van der Waals surface area (Å²) in [6.45, 7) is 4.24. The maximum absolute atomic E-state index is 13.4. The third kappa shape index (κ3) is 7.33. The fourth-order valence-electron chi connectivity index (χ4n) is 3.71. The average Bonchev–Trinajstić information content (AvgIpc) is 2.81. The number of anilines is 1. The van der Waals surface area contributed by atoms with E-state index in [0.717, 1.165) is 44.9 Å². The Labute approximate surface area is 208 Å². The molecule has 7 nitrogen and oxygen atoms in total. The highest BCUT2D eigenvalue weighted by molar-refractivity contribution is 7.92. The second kappa shape index (κ2) is 11.6. The Morgan fingerprint density at radius 3 is 2.37 bits per heavy atom. The van der Waals surface area contributed by atoms with Gasteiger partial charge in [-0.1, -0.05) is 29.8 Å². The lowest BCUT2D eigenvalue weighted by Gasteiger charge is -2.32. The molecule has 1 N–H and O–H groups in total. The number of amides is 1. The Morgan fingerprint density at radius 1 is 1.09 bits per heavy atom. The fraction of sp³-hybridized carbons (Fsp3) is 0.435. The van der Waals surface area contributed by atoms with Crippen molar-refractivity contribution in [3.8, 4) is 0 Å². The van der Waals surface area contributed by atoms with Crippen LogP contribution in [0.5, 0.6) is 0 Å². The number of sulfonamides is 1. The molecule has 1 heterocycles. The molecule has 1 fully saturated rings. The van der Waals surface area contributed by atoms with Crippen LogP contribution >= 0.6 is 11.6 Å². The van der Waals surface area contributed by atoms with Gasteiger partial charge in [0.2, 0.25) is 5.91 Å². The zero-order valence-electron chi connectivity index (χ0n) is 19.3. The van der Waals surface area contributed by atoms with Crippen molar-refractivity contribution in [1.29, 1.82) is 0 Å². The lowest BCUT2D eigenvalue weighted by atomic mass is 10.2. The second-order valence-corrected chi connectivity index (χ2v) is 10.6. The lowest BCUT2D eigenvalue weighted by Crippen LogP contribution is -2.45. The van der Waals surface area contributed by atoms with Gasteiger partial charge >= 0.3 is 6.18 Å². The minimum absolute atomic E-state index is 0.147. The van der Waals surface area contributed by atoms with Crippen LogP contribution in [0.3, 0.4) is 0 Å². The summed E-state index contributed by atoms with van der Waals surface area (Å²) in [5.74, 6) is -0.619. The molecule has 0 unspecified atom stereocenters. The molecule has 35 heavy (non-hydrogen) atoms. The molecule has 2 aromatic carbocycles. The summed E-state index contributed by atoms with van der Waals surface area (Å²) in [4.78, 5) is 17.0. The predicted octanol–water partition coefficient (Wildman–Crippen LogP) is 3.31. The maximum atomic E-state index is 13.4. The first-order chi connectivity index (χ1) is 16.5. The molecule has 0 bridgehead atoms. The number of alkyl halides is 3. The number of nitrogens with zero attached hydrogens (tertiary/aromatic N) is 3. The number of hydrogen-bond donors (Lipinski definition) is 1. The number of benzene rings is 2. The van der Waals surface area contributed by atoms with Gasteiger partial charge in [-0.3, -0.25) is 9.10 Å². The van der Waals surface area contributed by atoms with Gasteiger partial charge < -0.3 is 15.1 Å². The molecule has 192 valence electrons. The Kier molecular flexibility index (Phi) is 9.03. The van der Waals surface area contributed by atoms with Crippen molar-refractivity contribution in [3.63, 3.8) is 0 Å². The average molecular weight is 533 g/mol. The van der Waals surface area contributed by atoms with Crippen molar-refractivity contribution >= 4 is 33.2 Å². The van der Waals surface area contributed by atoms with Crippen molar-refractivity contribution in [3.05, 3.63) is 59.1 Å². The van der Waals surface area contributed by atoms with Crippen molar-refractivity contribution in [2.45, 2.75) is 17.5 Å². The van der Waals surface area contributed by atoms with E-state index in [9.17, 15) is 26.4 Å². The van der Waals surface area contributed by atoms with E-state index in [4.69, 9.17) is 11.6 Å². The summed E-state index contributed by atoms with van der Waals surface area (Å²) in [6.07, 6.45) is -4.12. The van der Waals surface area contributed by atoms with E-state index in [1.54, 1.807) is 6.07 Å². The molecule has 0 saturated carbocycles. The summed E-state index contributed by atoms with van der Waals surface area (Å²) in [7, 11) is -2.27. The zero-order valence-corrected chi connectivity index (χ0v) is 20.8. The summed E-state index contributed by atoms with van der Waals surface area (Å²) < 4.78 is 67.5. The van der Waals surface area contributed by atoms with Gasteiger partial charge in [-0.05, 0) is 50.3 Å². The number of carbonyl (C=O) groups excluding carboxylic acids is 1. The third-order valence-corrected chi connectivity index (χ3v) is 7.85. The van der Waals surface area contributed by atoms with Crippen LogP contribution in [0.2, 0.25) is 5.02 Å². The molecule has 1 aliphatic heterocycles. The highest BCUT2D eigenvalue weighted by Gasteiger charge is 2.35. The number of rotatable bonds is 9. The van der Waals surface area contributed by atoms with E-state index in [-0.39, 0.29) is 10.6 Å². The summed E-state index contributed by atoms with van der Waals surface area (Å²) in [5, 5.41) is 2.12. The molecule has 1 saturated heterocycles. The Hall–Kier alpha value is -2.34. The van der Waals surface area contributed by atoms with E-state index < -0.39 is 39.2 Å². The molecule has 2 aromatic rings. The van der Waals surface area contributed by atoms with Gasteiger partial charge in [0.25, 0.3) is 10.0 Å². The molecule has 0 aromatic heterocycles. The normalized spacial score (nSPS) is 15.7. The second-order valence-electron chi connectivity index (χ2n) is 8.34. The van der Waals surface area contributed by atoms with Crippen LogP contribution in [0.15, 0.2) is 53.4 Å². The molecule has 3 rings (SSSR count). The largest absolute Gasteiger partial charge is 0.417 e. The quantitative estimate of drug-likeness (QED) is 0.502. The molecule has 0 spiro atoms. The van der Waals surface area contributed by atoms with Crippen LogP contribution in [0, 0.1) is 0 Å². The van der Waals surface area contributed by atoms with Crippen LogP contribution < -0.4 is 9.62 Å². The minimum atomic E-state index is -4.79. The number of nitrogens with one attached hydrogen (secondary N) is 1. The molecule has 1 amide bonds. The standard InChI is InChI=1S/C23H28ClF3N4O3S/c1-29-12-14-30(15-13-29)11-5-10-28-22(32)17-31(35(33,34)19-6-3-2-4-7-19)18-8-9-21(24)20(16-18)23(25,26)27/h2-4,6-9,16H,5,10-15,17H2,1H3,(H,28,32). The maximum Gasteiger partial charge on any atom is 0.417 e. The van der Waals surface area contributed by atoms with Crippen LogP contribution in [0.4, 0.5) is 18.9 Å². The lowest BCUT2D eigenvalue weighted by molar-refractivity contribution is -0.137. The van der Waals surface area contributed by atoms with E-state index in [1.165, 1.54) is 24.3 Å². The Morgan fingerprint density at radius 2 is 1.74 bits per heavy atom. The highest BCUT2D eigenvalue weighted by atomic mass is 35.5. The summed E-state index contributed by atoms with van der Waals surface area (Å²) in [5.41, 5.74) is -1.49. The predicted molar refractivity (Wildman–Crippen MR) is 129 cm³/mol.